The molecule has 2 aromatic heterocycles. The van der Waals surface area contributed by atoms with Crippen LogP contribution in [0.4, 0.5) is 17.6 Å². The summed E-state index contributed by atoms with van der Waals surface area (Å²) in [5.74, 6) is 1.21. The van der Waals surface area contributed by atoms with Gasteiger partial charge in [0, 0.05) is 90.3 Å². The Bertz CT molecular complexity index is 1720. The molecule has 1 amide bonds. The number of likely N-dealkylation sites (N-methyl/N-ethyl adjacent to an activating group) is 1. The summed E-state index contributed by atoms with van der Waals surface area (Å²) in [6.07, 6.45) is 4.91. The minimum absolute atomic E-state index is 0.0404. The highest BCUT2D eigenvalue weighted by atomic mass is 32.1. The summed E-state index contributed by atoms with van der Waals surface area (Å²) >= 11 is 1.71. The van der Waals surface area contributed by atoms with Crippen LogP contribution in [-0.4, -0.2) is 136 Å². The zero-order valence-electron chi connectivity index (χ0n) is 33.6. The second-order valence-corrected chi connectivity index (χ2v) is 16.2. The van der Waals surface area contributed by atoms with Crippen LogP contribution in [0, 0.1) is 5.92 Å². The Hall–Kier alpha value is -4.15. The molecule has 2 aliphatic heterocycles. The quantitative estimate of drug-likeness (QED) is 0.104. The molecule has 0 aliphatic carbocycles. The largest absolute Gasteiger partial charge is 0.461 e. The van der Waals surface area contributed by atoms with Gasteiger partial charge in [0.2, 0.25) is 17.8 Å². The van der Waals surface area contributed by atoms with Crippen molar-refractivity contribution >= 4 is 45.0 Å². The minimum Gasteiger partial charge on any atom is -0.461 e. The van der Waals surface area contributed by atoms with E-state index in [9.17, 15) is 4.79 Å². The Morgan fingerprint density at radius 2 is 1.59 bits per heavy atom. The van der Waals surface area contributed by atoms with Crippen molar-refractivity contribution < 1.29 is 9.53 Å². The number of benzene rings is 2. The molecule has 4 heterocycles. The third-order valence-corrected chi connectivity index (χ3v) is 11.3. The molecule has 6 rings (SSSR count). The van der Waals surface area contributed by atoms with Crippen molar-refractivity contribution in [2.75, 3.05) is 114 Å². The number of carbonyl (C=O) groups is 1. The highest BCUT2D eigenvalue weighted by molar-refractivity contribution is 7.21. The predicted octanol–water partition coefficient (Wildman–Crippen LogP) is 4.07. The lowest BCUT2D eigenvalue weighted by Crippen LogP contribution is -2.44. The number of carbonyl (C=O) groups excluding carboxylic acids is 1. The summed E-state index contributed by atoms with van der Waals surface area (Å²) < 4.78 is 7.40. The molecular weight excluding hydrogens is 725 g/mol. The van der Waals surface area contributed by atoms with Crippen LogP contribution < -0.4 is 41.1 Å². The first-order valence-corrected chi connectivity index (χ1v) is 21.4. The predicted molar refractivity (Wildman–Crippen MR) is 229 cm³/mol. The second kappa shape index (κ2) is 22.0. The fraction of sp³-hybridized carbons (Fsp3) is 0.585. The Labute approximate surface area is 336 Å². The van der Waals surface area contributed by atoms with Crippen molar-refractivity contribution in [3.63, 3.8) is 0 Å². The van der Waals surface area contributed by atoms with E-state index >= 15 is 0 Å². The van der Waals surface area contributed by atoms with Gasteiger partial charge < -0.3 is 46.0 Å². The topological polar surface area (TPSA) is 148 Å². The molecule has 304 valence electrons. The van der Waals surface area contributed by atoms with Crippen LogP contribution in [0.5, 0.6) is 6.01 Å². The van der Waals surface area contributed by atoms with Crippen LogP contribution >= 0.6 is 11.3 Å². The van der Waals surface area contributed by atoms with Crippen molar-refractivity contribution in [1.29, 1.82) is 0 Å². The molecule has 5 N–H and O–H groups in total. The van der Waals surface area contributed by atoms with Crippen molar-refractivity contribution in [1.82, 2.24) is 46.1 Å². The van der Waals surface area contributed by atoms with Gasteiger partial charge in [0.05, 0.1) is 16.8 Å². The van der Waals surface area contributed by atoms with E-state index in [1.165, 1.54) is 11.1 Å². The third kappa shape index (κ3) is 12.9. The van der Waals surface area contributed by atoms with E-state index in [0.717, 1.165) is 113 Å². The van der Waals surface area contributed by atoms with E-state index < -0.39 is 6.04 Å². The van der Waals surface area contributed by atoms with Gasteiger partial charge in [0.1, 0.15) is 17.7 Å². The van der Waals surface area contributed by atoms with Crippen molar-refractivity contribution in [3.8, 4) is 16.6 Å². The molecule has 2 aromatic carbocycles. The maximum atomic E-state index is 13.7. The number of anilines is 3. The number of para-hydroxylation sites is 1. The van der Waals surface area contributed by atoms with Crippen LogP contribution in [-0.2, 0) is 4.79 Å². The SMILES string of the molecule is CC(C)C[C@H](Nc1nc(OCCN(C)c2ccc(-c3nc4ccccc4s3)cc2)nc(N2CCCCC2)n1)C(=O)NCCCN1CCNCCNCCNCC1. The van der Waals surface area contributed by atoms with Gasteiger partial charge in [0.25, 0.3) is 0 Å². The van der Waals surface area contributed by atoms with Gasteiger partial charge in [0.15, 0.2) is 0 Å². The average Bonchev–Trinajstić information content (AvgIpc) is 3.65. The summed E-state index contributed by atoms with van der Waals surface area (Å²) in [5, 5.41) is 18.1. The second-order valence-electron chi connectivity index (χ2n) is 15.2. The Morgan fingerprint density at radius 3 is 2.30 bits per heavy atom. The number of hydrogen-bond acceptors (Lipinski definition) is 14. The molecule has 2 aliphatic rings. The van der Waals surface area contributed by atoms with Gasteiger partial charge in [-0.3, -0.25) is 4.79 Å². The first-order chi connectivity index (χ1) is 27.4. The standard InChI is InChI=1S/C41H62N12O2S/c1-31(2)30-35(37(54)45-16-9-23-52-26-21-43-19-17-42-18-20-44-22-27-52)47-39-48-40(53-24-7-4-8-25-53)50-41(49-39)55-29-28-51(3)33-14-12-32(13-15-33)38-46-34-10-5-6-11-36(34)56-38/h5-6,10-15,31,35,42-44H,4,7-9,16-30H2,1-3H3,(H,45,54)(H,47,48,49,50)/t35-/m0/s1. The maximum Gasteiger partial charge on any atom is 0.323 e. The van der Waals surface area contributed by atoms with Crippen molar-refractivity contribution in [2.24, 2.45) is 5.92 Å². The Balaban J connectivity index is 1.04. The van der Waals surface area contributed by atoms with Gasteiger partial charge >= 0.3 is 6.01 Å². The molecular formula is C41H62N12O2S. The smallest absolute Gasteiger partial charge is 0.323 e. The maximum absolute atomic E-state index is 13.7. The van der Waals surface area contributed by atoms with Crippen LogP contribution in [0.1, 0.15) is 46.0 Å². The van der Waals surface area contributed by atoms with E-state index in [1.54, 1.807) is 11.3 Å². The highest BCUT2D eigenvalue weighted by Crippen LogP contribution is 2.31. The number of nitrogens with zero attached hydrogens (tertiary/aromatic N) is 7. The Kier molecular flexibility index (Phi) is 16.3. The summed E-state index contributed by atoms with van der Waals surface area (Å²) in [7, 11) is 2.05. The zero-order chi connectivity index (χ0) is 39.0. The van der Waals surface area contributed by atoms with Gasteiger partial charge in [-0.2, -0.15) is 15.0 Å². The zero-order valence-corrected chi connectivity index (χ0v) is 34.4. The number of amides is 1. The van der Waals surface area contributed by atoms with Crippen molar-refractivity contribution in [2.45, 2.75) is 52.0 Å². The van der Waals surface area contributed by atoms with E-state index in [0.29, 0.717) is 43.9 Å². The third-order valence-electron chi connectivity index (χ3n) is 10.2. The van der Waals surface area contributed by atoms with E-state index in [4.69, 9.17) is 19.7 Å². The molecule has 14 nitrogen and oxygen atoms in total. The average molecular weight is 787 g/mol. The van der Waals surface area contributed by atoms with Gasteiger partial charge in [-0.25, -0.2) is 4.98 Å². The summed E-state index contributed by atoms with van der Waals surface area (Å²) in [4.78, 5) is 39.5. The monoisotopic (exact) mass is 786 g/mol. The first kappa shape index (κ1) is 41.5. The number of fused-ring (bicyclic) bond motifs is 1. The van der Waals surface area contributed by atoms with Crippen LogP contribution in [0.15, 0.2) is 48.5 Å². The molecule has 0 unspecified atom stereocenters. The molecule has 56 heavy (non-hydrogen) atoms. The van der Waals surface area contributed by atoms with Crippen LogP contribution in [0.3, 0.4) is 0 Å². The van der Waals surface area contributed by atoms with Gasteiger partial charge in [-0.1, -0.05) is 26.0 Å². The highest BCUT2D eigenvalue weighted by Gasteiger charge is 2.23. The Morgan fingerprint density at radius 1 is 0.875 bits per heavy atom. The number of piperidine rings is 1. The number of thiazole rings is 1. The number of rotatable bonds is 16. The molecule has 15 heteroatoms. The molecule has 2 fully saturated rings. The fourth-order valence-corrected chi connectivity index (χ4v) is 7.97. The molecule has 4 aromatic rings. The molecule has 2 saturated heterocycles. The molecule has 0 radical (unpaired) electrons. The van der Waals surface area contributed by atoms with Gasteiger partial charge in [-0.05, 0) is 81.0 Å². The summed E-state index contributed by atoms with van der Waals surface area (Å²) in [6.45, 7) is 16.4. The first-order valence-electron chi connectivity index (χ1n) is 20.6. The number of ether oxygens (including phenoxy) is 1. The normalized spacial score (nSPS) is 16.9. The van der Waals surface area contributed by atoms with E-state index in [2.05, 4.69) is 110 Å². The minimum atomic E-state index is -0.486. The fourth-order valence-electron chi connectivity index (χ4n) is 7.00. The molecule has 0 bridgehead atoms. The lowest BCUT2D eigenvalue weighted by atomic mass is 10.0. The number of hydrogen-bond donors (Lipinski definition) is 5. The van der Waals surface area contributed by atoms with E-state index in [-0.39, 0.29) is 11.9 Å². The number of nitrogens with one attached hydrogen (secondary N) is 5. The number of aromatic nitrogens is 4. The lowest BCUT2D eigenvalue weighted by Gasteiger charge is -2.27. The van der Waals surface area contributed by atoms with Crippen LogP contribution in [0.2, 0.25) is 0 Å². The summed E-state index contributed by atoms with van der Waals surface area (Å²) in [5.41, 5.74) is 3.21. The van der Waals surface area contributed by atoms with Crippen LogP contribution in [0.25, 0.3) is 20.8 Å². The van der Waals surface area contributed by atoms with Gasteiger partial charge in [-0.15, -0.1) is 11.3 Å². The van der Waals surface area contributed by atoms with E-state index in [1.807, 2.05) is 6.07 Å². The summed E-state index contributed by atoms with van der Waals surface area (Å²) in [6, 6.07) is 16.5. The molecule has 0 saturated carbocycles. The van der Waals surface area contributed by atoms with Crippen molar-refractivity contribution in [3.05, 3.63) is 48.5 Å². The molecule has 0 spiro atoms. The lowest BCUT2D eigenvalue weighted by molar-refractivity contribution is -0.122. The molecule has 1 atom stereocenters.